The van der Waals surface area contributed by atoms with Gasteiger partial charge < -0.3 is 10.5 Å². The molecule has 0 spiro atoms. The summed E-state index contributed by atoms with van der Waals surface area (Å²) < 4.78 is 5.13. The predicted octanol–water partition coefficient (Wildman–Crippen LogP) is 1.46. The van der Waals surface area contributed by atoms with Gasteiger partial charge in [0, 0.05) is 25.5 Å². The lowest BCUT2D eigenvalue weighted by molar-refractivity contribution is 0.112. The first kappa shape index (κ1) is 12.1. The van der Waals surface area contributed by atoms with Gasteiger partial charge in [-0.1, -0.05) is 6.92 Å². The van der Waals surface area contributed by atoms with E-state index in [1.165, 1.54) is 0 Å². The molecule has 0 aliphatic rings. The highest BCUT2D eigenvalue weighted by atomic mass is 16.5. The smallest absolute Gasteiger partial charge is 0.156 e. The maximum absolute atomic E-state index is 5.85. The van der Waals surface area contributed by atoms with E-state index in [2.05, 4.69) is 16.9 Å². The molecular weight excluding hydrogens is 190 g/mol. The van der Waals surface area contributed by atoms with Crippen LogP contribution in [0, 0.1) is 0 Å². The van der Waals surface area contributed by atoms with Crippen molar-refractivity contribution in [1.82, 2.24) is 9.97 Å². The Labute approximate surface area is 90.9 Å². The Morgan fingerprint density at radius 2 is 2.00 bits per heavy atom. The molecule has 2 unspecified atom stereocenters. The lowest BCUT2D eigenvalue weighted by Gasteiger charge is -2.10. The second-order valence-corrected chi connectivity index (χ2v) is 3.70. The summed E-state index contributed by atoms with van der Waals surface area (Å²) in [6, 6.07) is 0.194. The van der Waals surface area contributed by atoms with Crippen molar-refractivity contribution in [2.45, 2.75) is 38.8 Å². The normalized spacial score (nSPS) is 14.9. The molecule has 1 aromatic heterocycles. The Morgan fingerprint density at radius 1 is 1.40 bits per heavy atom. The number of hydrogen-bond donors (Lipinski definition) is 1. The van der Waals surface area contributed by atoms with Crippen LogP contribution in [0.2, 0.25) is 0 Å². The molecule has 4 nitrogen and oxygen atoms in total. The van der Waals surface area contributed by atoms with E-state index in [0.29, 0.717) is 5.82 Å². The maximum Gasteiger partial charge on any atom is 0.156 e. The third kappa shape index (κ3) is 3.57. The Bertz CT molecular complexity index is 286. The summed E-state index contributed by atoms with van der Waals surface area (Å²) in [5.41, 5.74) is 6.93. The van der Waals surface area contributed by atoms with E-state index in [4.69, 9.17) is 10.5 Å². The number of aromatic nitrogens is 2. The average molecular weight is 209 g/mol. The first-order chi connectivity index (χ1) is 7.17. The van der Waals surface area contributed by atoms with Crippen molar-refractivity contribution in [2.75, 3.05) is 7.11 Å². The van der Waals surface area contributed by atoms with Crippen LogP contribution in [0.1, 0.15) is 37.8 Å². The fourth-order valence-electron chi connectivity index (χ4n) is 1.23. The number of hydrogen-bond acceptors (Lipinski definition) is 4. The SMILES string of the molecule is CCC(N)Cc1cnc(C(C)OC)nc1. The zero-order valence-electron chi connectivity index (χ0n) is 9.60. The summed E-state index contributed by atoms with van der Waals surface area (Å²) in [6.07, 6.45) is 5.40. The van der Waals surface area contributed by atoms with Gasteiger partial charge in [-0.3, -0.25) is 0 Å². The Balaban J connectivity index is 2.64. The third-order valence-electron chi connectivity index (χ3n) is 2.46. The Kier molecular flexibility index (Phi) is 4.65. The number of rotatable bonds is 5. The molecule has 0 aliphatic carbocycles. The minimum atomic E-state index is -0.0566. The third-order valence-corrected chi connectivity index (χ3v) is 2.46. The van der Waals surface area contributed by atoms with E-state index >= 15 is 0 Å². The van der Waals surface area contributed by atoms with Crippen LogP contribution in [0.4, 0.5) is 0 Å². The molecule has 0 fully saturated rings. The fraction of sp³-hybridized carbons (Fsp3) is 0.636. The van der Waals surface area contributed by atoms with Crippen molar-refractivity contribution in [3.8, 4) is 0 Å². The van der Waals surface area contributed by atoms with Gasteiger partial charge >= 0.3 is 0 Å². The summed E-state index contributed by atoms with van der Waals surface area (Å²) in [4.78, 5) is 8.49. The molecule has 0 aliphatic heterocycles. The summed E-state index contributed by atoms with van der Waals surface area (Å²) in [5.74, 6) is 0.714. The quantitative estimate of drug-likeness (QED) is 0.797. The molecule has 1 aromatic rings. The standard InChI is InChI=1S/C11H19N3O/c1-4-10(12)5-9-6-13-11(14-7-9)8(2)15-3/h6-8,10H,4-5,12H2,1-3H3. The van der Waals surface area contributed by atoms with Crippen LogP contribution in [0.5, 0.6) is 0 Å². The van der Waals surface area contributed by atoms with Crippen LogP contribution in [0.15, 0.2) is 12.4 Å². The number of nitrogens with two attached hydrogens (primary N) is 1. The van der Waals surface area contributed by atoms with Gasteiger partial charge in [0.15, 0.2) is 5.82 Å². The van der Waals surface area contributed by atoms with Gasteiger partial charge in [-0.2, -0.15) is 0 Å². The molecule has 0 amide bonds. The molecule has 15 heavy (non-hydrogen) atoms. The molecule has 0 radical (unpaired) electrons. The molecule has 0 saturated carbocycles. The minimum Gasteiger partial charge on any atom is -0.374 e. The van der Waals surface area contributed by atoms with Crippen molar-refractivity contribution in [1.29, 1.82) is 0 Å². The highest BCUT2D eigenvalue weighted by Crippen LogP contribution is 2.10. The second kappa shape index (κ2) is 5.78. The van der Waals surface area contributed by atoms with Crippen LogP contribution in [-0.2, 0) is 11.2 Å². The second-order valence-electron chi connectivity index (χ2n) is 3.70. The van der Waals surface area contributed by atoms with Gasteiger partial charge in [0.2, 0.25) is 0 Å². The van der Waals surface area contributed by atoms with Crippen LogP contribution in [-0.4, -0.2) is 23.1 Å². The van der Waals surface area contributed by atoms with Crippen LogP contribution < -0.4 is 5.73 Å². The zero-order valence-corrected chi connectivity index (χ0v) is 9.60. The van der Waals surface area contributed by atoms with Gasteiger partial charge in [-0.25, -0.2) is 9.97 Å². The van der Waals surface area contributed by atoms with Crippen molar-refractivity contribution in [2.24, 2.45) is 5.73 Å². The molecule has 0 bridgehead atoms. The van der Waals surface area contributed by atoms with E-state index in [1.54, 1.807) is 7.11 Å². The number of ether oxygens (including phenoxy) is 1. The van der Waals surface area contributed by atoms with Gasteiger partial charge in [-0.05, 0) is 25.3 Å². The summed E-state index contributed by atoms with van der Waals surface area (Å²) in [6.45, 7) is 4.00. The van der Waals surface area contributed by atoms with E-state index in [0.717, 1.165) is 18.4 Å². The number of methoxy groups -OCH3 is 1. The van der Waals surface area contributed by atoms with Gasteiger partial charge in [-0.15, -0.1) is 0 Å². The Morgan fingerprint density at radius 3 is 2.47 bits per heavy atom. The van der Waals surface area contributed by atoms with Gasteiger partial charge in [0.25, 0.3) is 0 Å². The van der Waals surface area contributed by atoms with Crippen molar-refractivity contribution in [3.05, 3.63) is 23.8 Å². The Hall–Kier alpha value is -1.00. The highest BCUT2D eigenvalue weighted by molar-refractivity contribution is 5.07. The van der Waals surface area contributed by atoms with Crippen molar-refractivity contribution in [3.63, 3.8) is 0 Å². The molecule has 0 aromatic carbocycles. The lowest BCUT2D eigenvalue weighted by atomic mass is 10.1. The molecule has 2 atom stereocenters. The average Bonchev–Trinajstić information content (AvgIpc) is 2.29. The fourth-order valence-corrected chi connectivity index (χ4v) is 1.23. The van der Waals surface area contributed by atoms with E-state index in [-0.39, 0.29) is 12.1 Å². The largest absolute Gasteiger partial charge is 0.374 e. The van der Waals surface area contributed by atoms with Crippen molar-refractivity contribution >= 4 is 0 Å². The molecular formula is C11H19N3O. The first-order valence-electron chi connectivity index (χ1n) is 5.26. The van der Waals surface area contributed by atoms with Crippen molar-refractivity contribution < 1.29 is 4.74 Å². The molecule has 84 valence electrons. The monoisotopic (exact) mass is 209 g/mol. The summed E-state index contributed by atoms with van der Waals surface area (Å²) >= 11 is 0. The number of nitrogens with zero attached hydrogens (tertiary/aromatic N) is 2. The molecule has 4 heteroatoms. The predicted molar refractivity (Wildman–Crippen MR) is 59.4 cm³/mol. The summed E-state index contributed by atoms with van der Waals surface area (Å²) in [5, 5.41) is 0. The maximum atomic E-state index is 5.85. The first-order valence-corrected chi connectivity index (χ1v) is 5.26. The van der Waals surface area contributed by atoms with Crippen LogP contribution in [0.25, 0.3) is 0 Å². The molecule has 0 saturated heterocycles. The van der Waals surface area contributed by atoms with Crippen LogP contribution in [0.3, 0.4) is 0 Å². The van der Waals surface area contributed by atoms with Crippen LogP contribution >= 0.6 is 0 Å². The topological polar surface area (TPSA) is 61.0 Å². The minimum absolute atomic E-state index is 0.0566. The van der Waals surface area contributed by atoms with Gasteiger partial charge in [0.05, 0.1) is 0 Å². The van der Waals surface area contributed by atoms with Gasteiger partial charge in [0.1, 0.15) is 6.10 Å². The lowest BCUT2D eigenvalue weighted by Crippen LogP contribution is -2.21. The van der Waals surface area contributed by atoms with E-state index in [9.17, 15) is 0 Å². The molecule has 2 N–H and O–H groups in total. The van der Waals surface area contributed by atoms with E-state index < -0.39 is 0 Å². The summed E-state index contributed by atoms with van der Waals surface area (Å²) in [7, 11) is 1.65. The zero-order chi connectivity index (χ0) is 11.3. The van der Waals surface area contributed by atoms with E-state index in [1.807, 2.05) is 19.3 Å². The molecule has 1 rings (SSSR count). The highest BCUT2D eigenvalue weighted by Gasteiger charge is 2.07. The molecule has 1 heterocycles.